The number of pyridine rings is 1. The molecule has 0 amide bonds. The summed E-state index contributed by atoms with van der Waals surface area (Å²) in [4.78, 5) is 15.1. The molecule has 2 aromatic rings. The summed E-state index contributed by atoms with van der Waals surface area (Å²) in [6, 6.07) is 3.69. The van der Waals surface area contributed by atoms with Crippen LogP contribution in [0.15, 0.2) is 21.0 Å². The summed E-state index contributed by atoms with van der Waals surface area (Å²) in [6.45, 7) is 4.04. The summed E-state index contributed by atoms with van der Waals surface area (Å²) in [5.74, 6) is -0.930. The summed E-state index contributed by atoms with van der Waals surface area (Å²) >= 11 is 3.20. The molecular weight excluding hydrogens is 274 g/mol. The Morgan fingerprint density at radius 2 is 2.19 bits per heavy atom. The number of aromatic nitrogens is 1. The number of furan rings is 1. The number of fused-ring (bicyclic) bond motifs is 1. The number of carbonyl (C=O) groups is 1. The van der Waals surface area contributed by atoms with Crippen molar-refractivity contribution in [3.8, 4) is 0 Å². The second-order valence-corrected chi connectivity index (χ2v) is 4.59. The maximum atomic E-state index is 10.9. The van der Waals surface area contributed by atoms with Crippen molar-refractivity contribution in [2.75, 3.05) is 0 Å². The van der Waals surface area contributed by atoms with Gasteiger partial charge in [-0.15, -0.1) is 0 Å². The molecule has 2 aromatic heterocycles. The lowest BCUT2D eigenvalue weighted by Crippen LogP contribution is -1.93. The Hall–Kier alpha value is -1.36. The molecule has 4 nitrogen and oxygen atoms in total. The molecule has 0 saturated heterocycles. The Morgan fingerprint density at radius 3 is 2.75 bits per heavy atom. The van der Waals surface area contributed by atoms with E-state index in [1.54, 1.807) is 0 Å². The number of aromatic carboxylic acids is 1. The molecule has 84 valence electrons. The van der Waals surface area contributed by atoms with E-state index >= 15 is 0 Å². The third kappa shape index (κ3) is 1.71. The first-order valence-corrected chi connectivity index (χ1v) is 5.62. The fourth-order valence-electron chi connectivity index (χ4n) is 1.42. The second kappa shape index (κ2) is 3.90. The highest BCUT2D eigenvalue weighted by molar-refractivity contribution is 9.10. The van der Waals surface area contributed by atoms with E-state index < -0.39 is 5.97 Å². The van der Waals surface area contributed by atoms with Crippen molar-refractivity contribution in [3.05, 3.63) is 28.1 Å². The smallest absolute Gasteiger partial charge is 0.373 e. The molecule has 0 aromatic carbocycles. The van der Waals surface area contributed by atoms with Crippen LogP contribution in [0.5, 0.6) is 0 Å². The molecular formula is C11H10BrNO3. The van der Waals surface area contributed by atoms with Gasteiger partial charge in [0.15, 0.2) is 0 Å². The van der Waals surface area contributed by atoms with Gasteiger partial charge in [0.1, 0.15) is 0 Å². The highest BCUT2D eigenvalue weighted by Crippen LogP contribution is 2.30. The van der Waals surface area contributed by atoms with Gasteiger partial charge in [-0.2, -0.15) is 0 Å². The van der Waals surface area contributed by atoms with E-state index in [0.717, 1.165) is 5.69 Å². The van der Waals surface area contributed by atoms with Crippen LogP contribution in [0, 0.1) is 0 Å². The number of rotatable bonds is 2. The van der Waals surface area contributed by atoms with E-state index in [0.29, 0.717) is 15.6 Å². The van der Waals surface area contributed by atoms with E-state index in [-0.39, 0.29) is 11.7 Å². The Kier molecular flexibility index (Phi) is 2.71. The maximum Gasteiger partial charge on any atom is 0.373 e. The zero-order valence-corrected chi connectivity index (χ0v) is 10.4. The van der Waals surface area contributed by atoms with E-state index in [9.17, 15) is 4.79 Å². The Morgan fingerprint density at radius 1 is 1.50 bits per heavy atom. The standard InChI is InChI=1S/C11H10BrNO3/c1-5(2)7-4-3-6-8(12)9(11(14)15)16-10(6)13-7/h3-5H,1-2H3,(H,14,15). The van der Waals surface area contributed by atoms with Gasteiger partial charge >= 0.3 is 5.97 Å². The summed E-state index contributed by atoms with van der Waals surface area (Å²) in [7, 11) is 0. The Labute approximate surface area is 100 Å². The Bertz CT molecular complexity index is 560. The van der Waals surface area contributed by atoms with Crippen LogP contribution in [0.25, 0.3) is 11.1 Å². The number of carboxylic acid groups (broad SMARTS) is 1. The van der Waals surface area contributed by atoms with Crippen molar-refractivity contribution in [2.45, 2.75) is 19.8 Å². The van der Waals surface area contributed by atoms with Gasteiger partial charge in [0, 0.05) is 5.69 Å². The number of hydrogen-bond donors (Lipinski definition) is 1. The van der Waals surface area contributed by atoms with Gasteiger partial charge in [0.2, 0.25) is 11.5 Å². The predicted octanol–water partition coefficient (Wildman–Crippen LogP) is 3.41. The highest BCUT2D eigenvalue weighted by atomic mass is 79.9. The SMILES string of the molecule is CC(C)c1ccc2c(Br)c(C(=O)O)oc2n1. The minimum Gasteiger partial charge on any atom is -0.475 e. The van der Waals surface area contributed by atoms with Crippen LogP contribution in [-0.2, 0) is 0 Å². The number of halogens is 1. The largest absolute Gasteiger partial charge is 0.475 e. The topological polar surface area (TPSA) is 63.3 Å². The normalized spacial score (nSPS) is 11.2. The van der Waals surface area contributed by atoms with E-state index in [1.807, 2.05) is 26.0 Å². The summed E-state index contributed by atoms with van der Waals surface area (Å²) in [5.41, 5.74) is 1.24. The molecule has 0 atom stereocenters. The quantitative estimate of drug-likeness (QED) is 0.917. The third-order valence-electron chi connectivity index (χ3n) is 2.30. The van der Waals surface area contributed by atoms with E-state index in [2.05, 4.69) is 20.9 Å². The van der Waals surface area contributed by atoms with Crippen molar-refractivity contribution < 1.29 is 14.3 Å². The van der Waals surface area contributed by atoms with Crippen LogP contribution < -0.4 is 0 Å². The molecule has 0 aliphatic rings. The van der Waals surface area contributed by atoms with Gasteiger partial charge in [-0.25, -0.2) is 9.78 Å². The first-order chi connectivity index (χ1) is 7.50. The first-order valence-electron chi connectivity index (χ1n) is 4.83. The number of carboxylic acids is 1. The Balaban J connectivity index is 2.67. The molecule has 1 N–H and O–H groups in total. The summed E-state index contributed by atoms with van der Waals surface area (Å²) in [5, 5.41) is 9.58. The monoisotopic (exact) mass is 283 g/mol. The van der Waals surface area contributed by atoms with Gasteiger partial charge in [-0.1, -0.05) is 13.8 Å². The molecule has 2 rings (SSSR count). The lowest BCUT2D eigenvalue weighted by molar-refractivity contribution is 0.0663. The molecule has 0 unspecified atom stereocenters. The van der Waals surface area contributed by atoms with Gasteiger partial charge < -0.3 is 9.52 Å². The molecule has 0 spiro atoms. The fraction of sp³-hybridized carbons (Fsp3) is 0.273. The lowest BCUT2D eigenvalue weighted by atomic mass is 10.1. The first kappa shape index (κ1) is 11.1. The number of hydrogen-bond acceptors (Lipinski definition) is 3. The van der Waals surface area contributed by atoms with Gasteiger partial charge in [0.05, 0.1) is 9.86 Å². The molecule has 5 heteroatoms. The van der Waals surface area contributed by atoms with Crippen molar-refractivity contribution in [3.63, 3.8) is 0 Å². The molecule has 0 saturated carbocycles. The van der Waals surface area contributed by atoms with Crippen molar-refractivity contribution in [1.82, 2.24) is 4.98 Å². The highest BCUT2D eigenvalue weighted by Gasteiger charge is 2.19. The third-order valence-corrected chi connectivity index (χ3v) is 3.09. The molecule has 0 bridgehead atoms. The molecule has 16 heavy (non-hydrogen) atoms. The van der Waals surface area contributed by atoms with Crippen LogP contribution in [0.4, 0.5) is 0 Å². The second-order valence-electron chi connectivity index (χ2n) is 3.79. The minimum absolute atomic E-state index is 0.108. The zero-order valence-electron chi connectivity index (χ0n) is 8.82. The maximum absolute atomic E-state index is 10.9. The van der Waals surface area contributed by atoms with Gasteiger partial charge in [0.25, 0.3) is 0 Å². The average molecular weight is 284 g/mol. The summed E-state index contributed by atoms with van der Waals surface area (Å²) in [6.07, 6.45) is 0. The zero-order chi connectivity index (χ0) is 11.9. The van der Waals surface area contributed by atoms with Crippen LogP contribution in [0.1, 0.15) is 36.0 Å². The minimum atomic E-state index is -1.10. The predicted molar refractivity (Wildman–Crippen MR) is 62.8 cm³/mol. The average Bonchev–Trinajstić information content (AvgIpc) is 2.55. The molecule has 0 radical (unpaired) electrons. The van der Waals surface area contributed by atoms with Gasteiger partial charge in [-0.05, 0) is 34.0 Å². The fourth-order valence-corrected chi connectivity index (χ4v) is 1.97. The van der Waals surface area contributed by atoms with Crippen molar-refractivity contribution in [2.24, 2.45) is 0 Å². The van der Waals surface area contributed by atoms with Crippen LogP contribution in [0.2, 0.25) is 0 Å². The van der Waals surface area contributed by atoms with Crippen LogP contribution in [0.3, 0.4) is 0 Å². The van der Waals surface area contributed by atoms with Crippen LogP contribution >= 0.6 is 15.9 Å². The number of nitrogens with zero attached hydrogens (tertiary/aromatic N) is 1. The molecule has 0 aliphatic heterocycles. The molecule has 0 fully saturated rings. The van der Waals surface area contributed by atoms with Gasteiger partial charge in [-0.3, -0.25) is 0 Å². The van der Waals surface area contributed by atoms with Crippen LogP contribution in [-0.4, -0.2) is 16.1 Å². The molecule has 2 heterocycles. The van der Waals surface area contributed by atoms with Crippen molar-refractivity contribution in [1.29, 1.82) is 0 Å². The van der Waals surface area contributed by atoms with E-state index in [1.165, 1.54) is 0 Å². The van der Waals surface area contributed by atoms with E-state index in [4.69, 9.17) is 9.52 Å². The lowest BCUT2D eigenvalue weighted by Gasteiger charge is -2.01. The molecule has 0 aliphatic carbocycles. The van der Waals surface area contributed by atoms with Crippen molar-refractivity contribution >= 4 is 33.0 Å². The summed E-state index contributed by atoms with van der Waals surface area (Å²) < 4.78 is 5.64.